The molecule has 1 aliphatic heterocycles. The predicted octanol–water partition coefficient (Wildman–Crippen LogP) is 3.05. The second-order valence-corrected chi connectivity index (χ2v) is 3.09. The predicted molar refractivity (Wildman–Crippen MR) is 50.4 cm³/mol. The standard InChI is InChI=1S/C10H9ClO/c11-9-5-3-7-12-10-6-2-1-4-8(9)10/h1-2,4-6H,3,7H2. The van der Waals surface area contributed by atoms with Gasteiger partial charge in [0, 0.05) is 17.0 Å². The Labute approximate surface area is 76.6 Å². The van der Waals surface area contributed by atoms with Crippen LogP contribution in [0.15, 0.2) is 30.3 Å². The summed E-state index contributed by atoms with van der Waals surface area (Å²) < 4.78 is 5.48. The van der Waals surface area contributed by atoms with E-state index >= 15 is 0 Å². The van der Waals surface area contributed by atoms with Gasteiger partial charge in [0.15, 0.2) is 0 Å². The molecule has 1 aliphatic rings. The largest absolute Gasteiger partial charge is 0.493 e. The minimum Gasteiger partial charge on any atom is -0.493 e. The van der Waals surface area contributed by atoms with E-state index in [1.807, 2.05) is 30.3 Å². The molecule has 0 fully saturated rings. The zero-order chi connectivity index (χ0) is 8.39. The van der Waals surface area contributed by atoms with Crippen molar-refractivity contribution >= 4 is 16.6 Å². The minimum absolute atomic E-state index is 0.716. The monoisotopic (exact) mass is 180 g/mol. The van der Waals surface area contributed by atoms with Crippen LogP contribution in [0.5, 0.6) is 5.75 Å². The second kappa shape index (κ2) is 3.20. The van der Waals surface area contributed by atoms with E-state index in [4.69, 9.17) is 16.3 Å². The molecule has 1 aromatic rings. The zero-order valence-corrected chi connectivity index (χ0v) is 7.34. The normalized spacial score (nSPS) is 15.6. The molecule has 1 heterocycles. The van der Waals surface area contributed by atoms with Crippen LogP contribution in [0.4, 0.5) is 0 Å². The van der Waals surface area contributed by atoms with Gasteiger partial charge in [0.1, 0.15) is 5.75 Å². The third kappa shape index (κ3) is 1.32. The molecule has 0 N–H and O–H groups in total. The van der Waals surface area contributed by atoms with Crippen LogP contribution in [0, 0.1) is 0 Å². The van der Waals surface area contributed by atoms with E-state index in [9.17, 15) is 0 Å². The Kier molecular flexibility index (Phi) is 2.05. The highest BCUT2D eigenvalue weighted by molar-refractivity contribution is 6.49. The molecule has 2 heteroatoms. The second-order valence-electron chi connectivity index (χ2n) is 2.69. The Hall–Kier alpha value is -0.950. The van der Waals surface area contributed by atoms with Crippen molar-refractivity contribution in [2.75, 3.05) is 6.61 Å². The van der Waals surface area contributed by atoms with Crippen molar-refractivity contribution in [2.45, 2.75) is 6.42 Å². The van der Waals surface area contributed by atoms with E-state index < -0.39 is 0 Å². The average Bonchev–Trinajstić information content (AvgIpc) is 2.29. The van der Waals surface area contributed by atoms with E-state index in [2.05, 4.69) is 0 Å². The summed E-state index contributed by atoms with van der Waals surface area (Å²) in [5.74, 6) is 0.885. The van der Waals surface area contributed by atoms with E-state index in [0.29, 0.717) is 6.61 Å². The highest BCUT2D eigenvalue weighted by atomic mass is 35.5. The van der Waals surface area contributed by atoms with Crippen LogP contribution in [-0.4, -0.2) is 6.61 Å². The first-order valence-electron chi connectivity index (χ1n) is 3.96. The average molecular weight is 181 g/mol. The van der Waals surface area contributed by atoms with Crippen LogP contribution in [0.1, 0.15) is 12.0 Å². The Morgan fingerprint density at radius 1 is 1.25 bits per heavy atom. The highest BCUT2D eigenvalue weighted by Crippen LogP contribution is 2.30. The Balaban J connectivity index is 2.51. The smallest absolute Gasteiger partial charge is 0.128 e. The summed E-state index contributed by atoms with van der Waals surface area (Å²) in [6, 6.07) is 7.83. The number of benzene rings is 1. The lowest BCUT2D eigenvalue weighted by Gasteiger charge is -2.05. The molecule has 0 saturated carbocycles. The van der Waals surface area contributed by atoms with Crippen molar-refractivity contribution in [3.05, 3.63) is 35.9 Å². The van der Waals surface area contributed by atoms with Crippen LogP contribution >= 0.6 is 11.6 Å². The van der Waals surface area contributed by atoms with Crippen molar-refractivity contribution in [3.63, 3.8) is 0 Å². The fourth-order valence-electron chi connectivity index (χ4n) is 1.25. The van der Waals surface area contributed by atoms with E-state index in [0.717, 1.165) is 22.8 Å². The molecule has 0 saturated heterocycles. The van der Waals surface area contributed by atoms with Gasteiger partial charge in [-0.15, -0.1) is 0 Å². The summed E-state index contributed by atoms with van der Waals surface area (Å²) >= 11 is 6.03. The highest BCUT2D eigenvalue weighted by Gasteiger charge is 2.08. The molecule has 0 aromatic heterocycles. The fraction of sp³-hybridized carbons (Fsp3) is 0.200. The quantitative estimate of drug-likeness (QED) is 0.596. The van der Waals surface area contributed by atoms with Crippen LogP contribution in [0.25, 0.3) is 5.03 Å². The first kappa shape index (κ1) is 7.69. The first-order valence-corrected chi connectivity index (χ1v) is 4.33. The van der Waals surface area contributed by atoms with Gasteiger partial charge >= 0.3 is 0 Å². The van der Waals surface area contributed by atoms with Crippen molar-refractivity contribution in [1.29, 1.82) is 0 Å². The van der Waals surface area contributed by atoms with Gasteiger partial charge in [-0.1, -0.05) is 29.8 Å². The van der Waals surface area contributed by atoms with E-state index in [1.165, 1.54) is 0 Å². The number of halogens is 1. The molecule has 1 aromatic carbocycles. The maximum absolute atomic E-state index is 6.03. The summed E-state index contributed by atoms with van der Waals surface area (Å²) in [6.07, 6.45) is 2.88. The first-order chi connectivity index (χ1) is 5.88. The SMILES string of the molecule is ClC1=CCCOc2ccccc21. The van der Waals surface area contributed by atoms with Crippen LogP contribution in [0.2, 0.25) is 0 Å². The fourth-order valence-corrected chi connectivity index (χ4v) is 1.52. The molecule has 0 spiro atoms. The van der Waals surface area contributed by atoms with E-state index in [-0.39, 0.29) is 0 Å². The van der Waals surface area contributed by atoms with Gasteiger partial charge in [0.25, 0.3) is 0 Å². The van der Waals surface area contributed by atoms with Crippen LogP contribution in [-0.2, 0) is 0 Å². The molecule has 0 atom stereocenters. The summed E-state index contributed by atoms with van der Waals surface area (Å²) in [4.78, 5) is 0. The summed E-state index contributed by atoms with van der Waals surface area (Å²) in [7, 11) is 0. The van der Waals surface area contributed by atoms with Gasteiger partial charge < -0.3 is 4.74 Å². The topological polar surface area (TPSA) is 9.23 Å². The van der Waals surface area contributed by atoms with Gasteiger partial charge in [-0.05, 0) is 12.1 Å². The Bertz CT molecular complexity index is 317. The lowest BCUT2D eigenvalue weighted by molar-refractivity contribution is 0.326. The molecule has 0 aliphatic carbocycles. The Morgan fingerprint density at radius 2 is 2.08 bits per heavy atom. The number of ether oxygens (including phenoxy) is 1. The molecule has 12 heavy (non-hydrogen) atoms. The number of hydrogen-bond donors (Lipinski definition) is 0. The van der Waals surface area contributed by atoms with Crippen molar-refractivity contribution in [1.82, 2.24) is 0 Å². The molecule has 0 unspecified atom stereocenters. The third-order valence-corrected chi connectivity index (χ3v) is 2.20. The summed E-state index contributed by atoms with van der Waals surface area (Å²) in [6.45, 7) is 0.716. The number of rotatable bonds is 0. The number of para-hydroxylation sites is 1. The summed E-state index contributed by atoms with van der Waals surface area (Å²) in [5, 5.41) is 0.795. The third-order valence-electron chi connectivity index (χ3n) is 1.84. The lowest BCUT2D eigenvalue weighted by atomic mass is 10.2. The maximum Gasteiger partial charge on any atom is 0.128 e. The van der Waals surface area contributed by atoms with Gasteiger partial charge in [0.2, 0.25) is 0 Å². The minimum atomic E-state index is 0.716. The molecule has 0 amide bonds. The molecule has 2 rings (SSSR count). The van der Waals surface area contributed by atoms with Crippen molar-refractivity contribution in [3.8, 4) is 5.75 Å². The molecule has 62 valence electrons. The van der Waals surface area contributed by atoms with Gasteiger partial charge in [-0.3, -0.25) is 0 Å². The lowest BCUT2D eigenvalue weighted by Crippen LogP contribution is -1.94. The molecule has 0 radical (unpaired) electrons. The number of hydrogen-bond acceptors (Lipinski definition) is 1. The van der Waals surface area contributed by atoms with Gasteiger partial charge in [-0.25, -0.2) is 0 Å². The maximum atomic E-state index is 6.03. The van der Waals surface area contributed by atoms with Gasteiger partial charge in [0.05, 0.1) is 6.61 Å². The van der Waals surface area contributed by atoms with Crippen molar-refractivity contribution in [2.24, 2.45) is 0 Å². The summed E-state index contributed by atoms with van der Waals surface area (Å²) in [5.41, 5.74) is 0.997. The van der Waals surface area contributed by atoms with E-state index in [1.54, 1.807) is 0 Å². The zero-order valence-electron chi connectivity index (χ0n) is 6.59. The molecular weight excluding hydrogens is 172 g/mol. The van der Waals surface area contributed by atoms with Crippen LogP contribution in [0.3, 0.4) is 0 Å². The molecular formula is C10H9ClO. The Morgan fingerprint density at radius 3 is 3.00 bits per heavy atom. The molecule has 1 nitrogen and oxygen atoms in total. The van der Waals surface area contributed by atoms with Gasteiger partial charge in [-0.2, -0.15) is 0 Å². The van der Waals surface area contributed by atoms with Crippen LogP contribution < -0.4 is 4.74 Å². The molecule has 0 bridgehead atoms. The number of fused-ring (bicyclic) bond motifs is 1. The van der Waals surface area contributed by atoms with Crippen molar-refractivity contribution < 1.29 is 4.74 Å².